The van der Waals surface area contributed by atoms with Gasteiger partial charge in [-0.15, -0.1) is 0 Å². The molecule has 1 aromatic carbocycles. The number of fused-ring (bicyclic) bond motifs is 1. The van der Waals surface area contributed by atoms with E-state index in [1.165, 1.54) is 0 Å². The van der Waals surface area contributed by atoms with E-state index < -0.39 is 5.41 Å². The third-order valence-corrected chi connectivity index (χ3v) is 3.91. The lowest BCUT2D eigenvalue weighted by atomic mass is 9.94. The summed E-state index contributed by atoms with van der Waals surface area (Å²) in [4.78, 5) is 30.6. The van der Waals surface area contributed by atoms with E-state index in [0.717, 1.165) is 0 Å². The van der Waals surface area contributed by atoms with E-state index in [1.807, 2.05) is 20.8 Å². The second kappa shape index (κ2) is 6.55. The minimum Gasteiger partial charge on any atom is -0.490 e. The number of carbonyl (C=O) groups is 2. The number of anilines is 2. The minimum absolute atomic E-state index is 0.0228. The molecule has 130 valence electrons. The summed E-state index contributed by atoms with van der Waals surface area (Å²) in [5.41, 5.74) is 1.31. The number of aromatic nitrogens is 1. The quantitative estimate of drug-likeness (QED) is 0.912. The molecule has 1 aliphatic heterocycles. The van der Waals surface area contributed by atoms with E-state index in [4.69, 9.17) is 4.74 Å². The predicted octanol–water partition coefficient (Wildman–Crippen LogP) is 3.11. The predicted molar refractivity (Wildman–Crippen MR) is 95.9 cm³/mol. The Labute approximate surface area is 146 Å². The molecular weight excluding hydrogens is 318 g/mol. The highest BCUT2D eigenvalue weighted by Gasteiger charge is 2.32. The largest absolute Gasteiger partial charge is 0.490 e. The molecule has 0 aliphatic carbocycles. The summed E-state index contributed by atoms with van der Waals surface area (Å²) in [7, 11) is 0. The van der Waals surface area contributed by atoms with Gasteiger partial charge in [0.25, 0.3) is 5.91 Å². The van der Waals surface area contributed by atoms with Gasteiger partial charge in [-0.3, -0.25) is 14.6 Å². The first-order valence-corrected chi connectivity index (χ1v) is 8.16. The lowest BCUT2D eigenvalue weighted by Crippen LogP contribution is -2.44. The van der Waals surface area contributed by atoms with E-state index >= 15 is 0 Å². The molecule has 0 radical (unpaired) electrons. The number of amides is 2. The molecule has 1 aromatic heterocycles. The number of nitrogens with zero attached hydrogens (tertiary/aromatic N) is 2. The van der Waals surface area contributed by atoms with Gasteiger partial charge in [0.1, 0.15) is 12.4 Å². The van der Waals surface area contributed by atoms with Crippen molar-refractivity contribution in [3.63, 3.8) is 0 Å². The van der Waals surface area contributed by atoms with Crippen molar-refractivity contribution < 1.29 is 14.3 Å². The molecule has 25 heavy (non-hydrogen) atoms. The number of nitrogens with one attached hydrogen (secondary N) is 1. The highest BCUT2D eigenvalue weighted by atomic mass is 16.5. The molecule has 0 fully saturated rings. The zero-order chi connectivity index (χ0) is 18.0. The van der Waals surface area contributed by atoms with Gasteiger partial charge in [0.2, 0.25) is 5.91 Å². The van der Waals surface area contributed by atoms with Gasteiger partial charge >= 0.3 is 0 Å². The Morgan fingerprint density at radius 2 is 1.88 bits per heavy atom. The second-order valence-corrected chi connectivity index (χ2v) is 6.93. The van der Waals surface area contributed by atoms with Gasteiger partial charge in [0, 0.05) is 29.1 Å². The number of hydrogen-bond acceptors (Lipinski definition) is 4. The topological polar surface area (TPSA) is 71.5 Å². The van der Waals surface area contributed by atoms with Crippen molar-refractivity contribution in [2.45, 2.75) is 20.8 Å². The average Bonchev–Trinajstić information content (AvgIpc) is 2.60. The summed E-state index contributed by atoms with van der Waals surface area (Å²) >= 11 is 0. The maximum atomic E-state index is 12.7. The molecule has 0 bridgehead atoms. The Balaban J connectivity index is 1.87. The minimum atomic E-state index is -0.495. The number of benzene rings is 1. The molecule has 1 aliphatic rings. The van der Waals surface area contributed by atoms with Gasteiger partial charge in [0.15, 0.2) is 0 Å². The third-order valence-electron chi connectivity index (χ3n) is 3.91. The molecule has 2 heterocycles. The highest BCUT2D eigenvalue weighted by molar-refractivity contribution is 6.05. The molecule has 0 saturated heterocycles. The van der Waals surface area contributed by atoms with Gasteiger partial charge in [-0.25, -0.2) is 0 Å². The van der Waals surface area contributed by atoms with Gasteiger partial charge in [-0.05, 0) is 30.3 Å². The number of carbonyl (C=O) groups excluding carboxylic acids is 2. The van der Waals surface area contributed by atoms with Crippen LogP contribution < -0.4 is 15.0 Å². The molecule has 6 heteroatoms. The van der Waals surface area contributed by atoms with Gasteiger partial charge in [-0.1, -0.05) is 20.8 Å². The summed E-state index contributed by atoms with van der Waals surface area (Å²) in [6.45, 7) is 6.61. The fraction of sp³-hybridized carbons (Fsp3) is 0.316. The van der Waals surface area contributed by atoms with Gasteiger partial charge in [0.05, 0.1) is 12.2 Å². The van der Waals surface area contributed by atoms with Crippen molar-refractivity contribution in [3.05, 3.63) is 48.3 Å². The van der Waals surface area contributed by atoms with Crippen LogP contribution in [0.25, 0.3) is 0 Å². The molecule has 2 aromatic rings. The lowest BCUT2D eigenvalue weighted by molar-refractivity contribution is -0.126. The fourth-order valence-electron chi connectivity index (χ4n) is 2.62. The Hall–Kier alpha value is -2.89. The smallest absolute Gasteiger partial charge is 0.255 e. The molecule has 3 rings (SSSR count). The van der Waals surface area contributed by atoms with E-state index in [0.29, 0.717) is 35.8 Å². The summed E-state index contributed by atoms with van der Waals surface area (Å²) in [5.74, 6) is 0.438. The molecule has 0 spiro atoms. The number of pyridine rings is 1. The maximum absolute atomic E-state index is 12.7. The second-order valence-electron chi connectivity index (χ2n) is 6.93. The lowest BCUT2D eigenvalue weighted by Gasteiger charge is -2.34. The Kier molecular flexibility index (Phi) is 4.44. The van der Waals surface area contributed by atoms with E-state index in [1.54, 1.807) is 47.6 Å². The van der Waals surface area contributed by atoms with Crippen LogP contribution in [0.15, 0.2) is 42.7 Å². The normalized spacial score (nSPS) is 13.6. The van der Waals surface area contributed by atoms with E-state index in [9.17, 15) is 9.59 Å². The van der Waals surface area contributed by atoms with Crippen molar-refractivity contribution in [2.24, 2.45) is 5.41 Å². The van der Waals surface area contributed by atoms with Crippen molar-refractivity contribution >= 4 is 23.2 Å². The summed E-state index contributed by atoms with van der Waals surface area (Å²) in [6.07, 6.45) is 3.14. The summed E-state index contributed by atoms with van der Waals surface area (Å²) < 4.78 is 5.65. The van der Waals surface area contributed by atoms with E-state index in [-0.39, 0.29) is 11.8 Å². The highest BCUT2D eigenvalue weighted by Crippen LogP contribution is 2.36. The van der Waals surface area contributed by atoms with Gasteiger partial charge < -0.3 is 15.0 Å². The monoisotopic (exact) mass is 339 g/mol. The van der Waals surface area contributed by atoms with Crippen LogP contribution in [0.4, 0.5) is 11.4 Å². The van der Waals surface area contributed by atoms with E-state index in [2.05, 4.69) is 10.3 Å². The van der Waals surface area contributed by atoms with Crippen LogP contribution >= 0.6 is 0 Å². The van der Waals surface area contributed by atoms with Crippen molar-refractivity contribution in [1.82, 2.24) is 4.98 Å². The van der Waals surface area contributed by atoms with Crippen LogP contribution in [0.5, 0.6) is 5.75 Å². The Morgan fingerprint density at radius 3 is 2.56 bits per heavy atom. The standard InChI is InChI=1S/C19H21N3O3/c1-19(2,3)18(24)22-10-11-25-16-5-4-14(12-15(16)22)21-17(23)13-6-8-20-9-7-13/h4-9,12H,10-11H2,1-3H3,(H,21,23). The number of rotatable bonds is 2. The van der Waals surface area contributed by atoms with Crippen LogP contribution in [-0.2, 0) is 4.79 Å². The summed E-state index contributed by atoms with van der Waals surface area (Å²) in [5, 5.41) is 2.85. The first-order valence-electron chi connectivity index (χ1n) is 8.16. The molecule has 6 nitrogen and oxygen atoms in total. The van der Waals surface area contributed by atoms with Crippen molar-refractivity contribution in [3.8, 4) is 5.75 Å². The van der Waals surface area contributed by atoms with Crippen LogP contribution in [-0.4, -0.2) is 29.9 Å². The van der Waals surface area contributed by atoms with Crippen LogP contribution in [0.1, 0.15) is 31.1 Å². The molecule has 0 unspecified atom stereocenters. The average molecular weight is 339 g/mol. The zero-order valence-corrected chi connectivity index (χ0v) is 14.6. The Bertz CT molecular complexity index is 797. The number of ether oxygens (including phenoxy) is 1. The van der Waals surface area contributed by atoms with Crippen LogP contribution in [0.3, 0.4) is 0 Å². The molecule has 1 N–H and O–H groups in total. The number of hydrogen-bond donors (Lipinski definition) is 1. The summed E-state index contributed by atoms with van der Waals surface area (Å²) in [6, 6.07) is 8.61. The van der Waals surface area contributed by atoms with Crippen LogP contribution in [0.2, 0.25) is 0 Å². The van der Waals surface area contributed by atoms with Crippen LogP contribution in [0, 0.1) is 5.41 Å². The van der Waals surface area contributed by atoms with Crippen molar-refractivity contribution in [1.29, 1.82) is 0 Å². The van der Waals surface area contributed by atoms with Crippen molar-refractivity contribution in [2.75, 3.05) is 23.4 Å². The maximum Gasteiger partial charge on any atom is 0.255 e. The molecule has 0 saturated carbocycles. The first kappa shape index (κ1) is 17.0. The molecular formula is C19H21N3O3. The first-order chi connectivity index (χ1) is 11.9. The molecule has 2 amide bonds. The Morgan fingerprint density at radius 1 is 1.16 bits per heavy atom. The zero-order valence-electron chi connectivity index (χ0n) is 14.6. The SMILES string of the molecule is CC(C)(C)C(=O)N1CCOc2ccc(NC(=O)c3ccncc3)cc21. The van der Waals surface area contributed by atoms with Gasteiger partial charge in [-0.2, -0.15) is 0 Å². The fourth-order valence-corrected chi connectivity index (χ4v) is 2.62. The third kappa shape index (κ3) is 3.63. The molecule has 0 atom stereocenters.